The molecule has 0 radical (unpaired) electrons. The van der Waals surface area contributed by atoms with Gasteiger partial charge >= 0.3 is 0 Å². The molecule has 0 unspecified atom stereocenters. The van der Waals surface area contributed by atoms with Crippen molar-refractivity contribution in [1.29, 1.82) is 0 Å². The van der Waals surface area contributed by atoms with Crippen LogP contribution in [0.1, 0.15) is 97.8 Å². The Hall–Kier alpha value is -0.260. The molecule has 0 aliphatic rings. The first-order valence-electron chi connectivity index (χ1n) is 8.03. The minimum Gasteiger partial charge on any atom is -0.0853 e. The number of allylic oxidation sites excluding steroid dienone is 2. The second-order valence-electron chi connectivity index (χ2n) is 5.23. The predicted octanol–water partition coefficient (Wildman–Crippen LogP) is 6.65. The number of rotatable bonds is 12. The SMILES string of the molecule is CCCCCCCCC=C(CC)CCCCC. The van der Waals surface area contributed by atoms with Crippen molar-refractivity contribution in [1.82, 2.24) is 0 Å². The van der Waals surface area contributed by atoms with Crippen LogP contribution >= 0.6 is 0 Å². The van der Waals surface area contributed by atoms with E-state index >= 15 is 0 Å². The summed E-state index contributed by atoms with van der Waals surface area (Å²) < 4.78 is 0. The minimum atomic E-state index is 1.26. The van der Waals surface area contributed by atoms with Crippen molar-refractivity contribution in [3.63, 3.8) is 0 Å². The second-order valence-corrected chi connectivity index (χ2v) is 5.23. The molecule has 0 aliphatic carbocycles. The normalized spacial score (nSPS) is 12.1. The predicted molar refractivity (Wildman–Crippen MR) is 80.5 cm³/mol. The van der Waals surface area contributed by atoms with E-state index in [4.69, 9.17) is 0 Å². The van der Waals surface area contributed by atoms with Crippen molar-refractivity contribution in [3.8, 4) is 0 Å². The van der Waals surface area contributed by atoms with E-state index in [2.05, 4.69) is 26.8 Å². The molecular formula is C17H34. The van der Waals surface area contributed by atoms with Crippen LogP contribution in [0.4, 0.5) is 0 Å². The van der Waals surface area contributed by atoms with Gasteiger partial charge in [-0.3, -0.25) is 0 Å². The molecule has 0 nitrogen and oxygen atoms in total. The number of unbranched alkanes of at least 4 members (excludes halogenated alkanes) is 8. The molecule has 0 aromatic heterocycles. The van der Waals surface area contributed by atoms with E-state index < -0.39 is 0 Å². The average Bonchev–Trinajstić information content (AvgIpc) is 2.35. The molecule has 0 amide bonds. The van der Waals surface area contributed by atoms with E-state index in [9.17, 15) is 0 Å². The molecule has 0 fully saturated rings. The zero-order chi connectivity index (χ0) is 12.8. The first kappa shape index (κ1) is 16.7. The minimum absolute atomic E-state index is 1.26. The third kappa shape index (κ3) is 12.0. The van der Waals surface area contributed by atoms with Crippen molar-refractivity contribution in [2.24, 2.45) is 0 Å². The Morgan fingerprint density at radius 1 is 0.706 bits per heavy atom. The van der Waals surface area contributed by atoms with Gasteiger partial charge in [0.05, 0.1) is 0 Å². The highest BCUT2D eigenvalue weighted by Crippen LogP contribution is 2.15. The fraction of sp³-hybridized carbons (Fsp3) is 0.882. The zero-order valence-corrected chi connectivity index (χ0v) is 12.6. The van der Waals surface area contributed by atoms with Crippen molar-refractivity contribution < 1.29 is 0 Å². The summed E-state index contributed by atoms with van der Waals surface area (Å²) in [7, 11) is 0. The first-order chi connectivity index (χ1) is 8.35. The molecule has 17 heavy (non-hydrogen) atoms. The summed E-state index contributed by atoms with van der Waals surface area (Å²) in [5, 5.41) is 0. The van der Waals surface area contributed by atoms with Gasteiger partial charge in [0.2, 0.25) is 0 Å². The molecule has 0 bridgehead atoms. The summed E-state index contributed by atoms with van der Waals surface area (Å²) in [4.78, 5) is 0. The van der Waals surface area contributed by atoms with Gasteiger partial charge in [-0.05, 0) is 32.1 Å². The maximum Gasteiger partial charge on any atom is -0.0320 e. The van der Waals surface area contributed by atoms with Crippen LogP contribution in [-0.4, -0.2) is 0 Å². The van der Waals surface area contributed by atoms with E-state index in [1.807, 2.05) is 0 Å². The fourth-order valence-electron chi connectivity index (χ4n) is 2.26. The van der Waals surface area contributed by atoms with E-state index in [0.29, 0.717) is 0 Å². The van der Waals surface area contributed by atoms with E-state index in [1.54, 1.807) is 5.57 Å². The lowest BCUT2D eigenvalue weighted by Gasteiger charge is -2.04. The van der Waals surface area contributed by atoms with Crippen molar-refractivity contribution in [2.45, 2.75) is 97.8 Å². The molecule has 102 valence electrons. The summed E-state index contributed by atoms with van der Waals surface area (Å²) in [6.45, 7) is 6.87. The van der Waals surface area contributed by atoms with Gasteiger partial charge in [-0.2, -0.15) is 0 Å². The lowest BCUT2D eigenvalue weighted by molar-refractivity contribution is 0.609. The summed E-state index contributed by atoms with van der Waals surface area (Å²) in [6.07, 6.45) is 19.1. The van der Waals surface area contributed by atoms with Gasteiger partial charge in [0.15, 0.2) is 0 Å². The summed E-state index contributed by atoms with van der Waals surface area (Å²) >= 11 is 0. The summed E-state index contributed by atoms with van der Waals surface area (Å²) in [5.41, 5.74) is 1.70. The zero-order valence-electron chi connectivity index (χ0n) is 12.6. The quantitative estimate of drug-likeness (QED) is 0.263. The van der Waals surface area contributed by atoms with Crippen molar-refractivity contribution in [3.05, 3.63) is 11.6 Å². The van der Waals surface area contributed by atoms with Gasteiger partial charge < -0.3 is 0 Å². The van der Waals surface area contributed by atoms with E-state index in [1.165, 1.54) is 77.0 Å². The molecule has 0 saturated carbocycles. The molecule has 0 saturated heterocycles. The molecule has 0 heterocycles. The molecule has 0 rings (SSSR count). The van der Waals surface area contributed by atoms with Crippen LogP contribution < -0.4 is 0 Å². The molecular weight excluding hydrogens is 204 g/mol. The first-order valence-corrected chi connectivity index (χ1v) is 8.03. The van der Waals surface area contributed by atoms with Crippen LogP contribution in [0.25, 0.3) is 0 Å². The van der Waals surface area contributed by atoms with Crippen LogP contribution in [0.2, 0.25) is 0 Å². The standard InChI is InChI=1S/C17H34/c1-4-7-9-10-11-12-14-16-17(6-3)15-13-8-5-2/h16H,4-15H2,1-3H3. The maximum absolute atomic E-state index is 2.52. The van der Waals surface area contributed by atoms with Crippen LogP contribution in [-0.2, 0) is 0 Å². The monoisotopic (exact) mass is 238 g/mol. The third-order valence-electron chi connectivity index (χ3n) is 3.55. The number of hydrogen-bond donors (Lipinski definition) is 0. The lowest BCUT2D eigenvalue weighted by atomic mass is 10.0. The Bertz CT molecular complexity index is 167. The Morgan fingerprint density at radius 3 is 1.94 bits per heavy atom. The second kappa shape index (κ2) is 13.8. The van der Waals surface area contributed by atoms with Gasteiger partial charge in [-0.1, -0.05) is 77.4 Å². The smallest absolute Gasteiger partial charge is 0.0320 e. The van der Waals surface area contributed by atoms with E-state index in [-0.39, 0.29) is 0 Å². The van der Waals surface area contributed by atoms with Crippen LogP contribution in [0.15, 0.2) is 11.6 Å². The molecule has 0 aliphatic heterocycles. The molecule has 0 aromatic rings. The maximum atomic E-state index is 2.52. The highest BCUT2D eigenvalue weighted by atomic mass is 14.0. The number of hydrogen-bond acceptors (Lipinski definition) is 0. The van der Waals surface area contributed by atoms with Gasteiger partial charge in [0.1, 0.15) is 0 Å². The molecule has 0 spiro atoms. The molecule has 0 atom stereocenters. The van der Waals surface area contributed by atoms with Crippen LogP contribution in [0, 0.1) is 0 Å². The Morgan fingerprint density at radius 2 is 1.29 bits per heavy atom. The molecule has 0 N–H and O–H groups in total. The van der Waals surface area contributed by atoms with Crippen LogP contribution in [0.5, 0.6) is 0 Å². The largest absolute Gasteiger partial charge is 0.0853 e. The van der Waals surface area contributed by atoms with Crippen molar-refractivity contribution in [2.75, 3.05) is 0 Å². The molecule has 0 heteroatoms. The topological polar surface area (TPSA) is 0 Å². The Labute approximate surface area is 110 Å². The van der Waals surface area contributed by atoms with Gasteiger partial charge in [0, 0.05) is 0 Å². The highest BCUT2D eigenvalue weighted by molar-refractivity contribution is 5.00. The highest BCUT2D eigenvalue weighted by Gasteiger charge is 1.95. The van der Waals surface area contributed by atoms with Gasteiger partial charge in [0.25, 0.3) is 0 Å². The summed E-state index contributed by atoms with van der Waals surface area (Å²) in [5.74, 6) is 0. The Kier molecular flexibility index (Phi) is 13.6. The van der Waals surface area contributed by atoms with Gasteiger partial charge in [-0.15, -0.1) is 0 Å². The van der Waals surface area contributed by atoms with E-state index in [0.717, 1.165) is 0 Å². The average molecular weight is 238 g/mol. The fourth-order valence-corrected chi connectivity index (χ4v) is 2.26. The Balaban J connectivity index is 3.44. The van der Waals surface area contributed by atoms with Gasteiger partial charge in [-0.25, -0.2) is 0 Å². The van der Waals surface area contributed by atoms with Crippen molar-refractivity contribution >= 4 is 0 Å². The third-order valence-corrected chi connectivity index (χ3v) is 3.55. The van der Waals surface area contributed by atoms with Crippen LogP contribution in [0.3, 0.4) is 0 Å². The lowest BCUT2D eigenvalue weighted by Crippen LogP contribution is -1.84. The molecule has 0 aromatic carbocycles. The summed E-state index contributed by atoms with van der Waals surface area (Å²) in [6, 6.07) is 0.